The number of rotatable bonds is 4. The van der Waals surface area contributed by atoms with Gasteiger partial charge in [0, 0.05) is 12.1 Å². The minimum absolute atomic E-state index is 0.185. The lowest BCUT2D eigenvalue weighted by atomic mass is 10.1. The fourth-order valence-corrected chi connectivity index (χ4v) is 2.44. The summed E-state index contributed by atoms with van der Waals surface area (Å²) in [5.74, 6) is 0.877. The Bertz CT molecular complexity index is 350. The zero-order valence-corrected chi connectivity index (χ0v) is 10.5. The van der Waals surface area contributed by atoms with Gasteiger partial charge in [0.05, 0.1) is 13.2 Å². The third-order valence-corrected chi connectivity index (χ3v) is 3.56. The molecule has 1 aromatic carbocycles. The first kappa shape index (κ1) is 12.4. The lowest BCUT2D eigenvalue weighted by Gasteiger charge is -2.22. The molecule has 0 heterocycles. The van der Waals surface area contributed by atoms with Crippen molar-refractivity contribution < 1.29 is 9.84 Å². The average Bonchev–Trinajstić information content (AvgIpc) is 2.75. The summed E-state index contributed by atoms with van der Waals surface area (Å²) in [6, 6.07) is 8.58. The third-order valence-electron chi connectivity index (χ3n) is 3.56. The van der Waals surface area contributed by atoms with Crippen LogP contribution in [0.15, 0.2) is 24.3 Å². The first-order valence-corrected chi connectivity index (χ1v) is 6.29. The number of aliphatic hydroxyl groups is 1. The SMILES string of the molecule is COc1ccc([C@@H](C)N[C@H]2CCC[C@@H]2O)cc1. The van der Waals surface area contributed by atoms with E-state index in [4.69, 9.17) is 4.74 Å². The molecule has 0 spiro atoms. The Balaban J connectivity index is 1.96. The highest BCUT2D eigenvalue weighted by Gasteiger charge is 2.26. The van der Waals surface area contributed by atoms with Gasteiger partial charge >= 0.3 is 0 Å². The molecule has 17 heavy (non-hydrogen) atoms. The van der Waals surface area contributed by atoms with Crippen molar-refractivity contribution in [2.24, 2.45) is 0 Å². The molecule has 2 rings (SSSR count). The van der Waals surface area contributed by atoms with Crippen molar-refractivity contribution in [3.8, 4) is 5.75 Å². The van der Waals surface area contributed by atoms with E-state index in [1.165, 1.54) is 5.56 Å². The Morgan fingerprint density at radius 1 is 1.29 bits per heavy atom. The predicted molar refractivity (Wildman–Crippen MR) is 68.2 cm³/mol. The molecule has 0 amide bonds. The van der Waals surface area contributed by atoms with Crippen molar-refractivity contribution in [2.75, 3.05) is 7.11 Å². The minimum Gasteiger partial charge on any atom is -0.497 e. The second-order valence-corrected chi connectivity index (χ2v) is 4.77. The molecule has 1 fully saturated rings. The van der Waals surface area contributed by atoms with E-state index in [-0.39, 0.29) is 18.2 Å². The van der Waals surface area contributed by atoms with E-state index in [1.54, 1.807) is 7.11 Å². The highest BCUT2D eigenvalue weighted by Crippen LogP contribution is 2.23. The molecule has 0 unspecified atom stereocenters. The summed E-state index contributed by atoms with van der Waals surface area (Å²) in [5.41, 5.74) is 1.23. The minimum atomic E-state index is -0.185. The van der Waals surface area contributed by atoms with Crippen LogP contribution in [0.25, 0.3) is 0 Å². The number of benzene rings is 1. The van der Waals surface area contributed by atoms with E-state index in [9.17, 15) is 5.11 Å². The second kappa shape index (κ2) is 5.52. The predicted octanol–water partition coefficient (Wildman–Crippen LogP) is 2.26. The van der Waals surface area contributed by atoms with E-state index >= 15 is 0 Å². The van der Waals surface area contributed by atoms with Crippen LogP contribution in [0.3, 0.4) is 0 Å². The fourth-order valence-electron chi connectivity index (χ4n) is 2.44. The smallest absolute Gasteiger partial charge is 0.118 e. The van der Waals surface area contributed by atoms with E-state index in [0.717, 1.165) is 25.0 Å². The molecular formula is C14H21NO2. The number of nitrogens with one attached hydrogen (secondary N) is 1. The van der Waals surface area contributed by atoms with Crippen LogP contribution in [0.4, 0.5) is 0 Å². The highest BCUT2D eigenvalue weighted by molar-refractivity contribution is 5.28. The zero-order chi connectivity index (χ0) is 12.3. The van der Waals surface area contributed by atoms with Gasteiger partial charge in [0.1, 0.15) is 5.75 Å². The molecule has 0 radical (unpaired) electrons. The largest absolute Gasteiger partial charge is 0.497 e. The van der Waals surface area contributed by atoms with Gasteiger partial charge in [-0.25, -0.2) is 0 Å². The van der Waals surface area contributed by atoms with Crippen molar-refractivity contribution in [3.63, 3.8) is 0 Å². The number of hydrogen-bond acceptors (Lipinski definition) is 3. The molecule has 0 saturated heterocycles. The normalized spacial score (nSPS) is 25.8. The van der Waals surface area contributed by atoms with Crippen LogP contribution in [0, 0.1) is 0 Å². The van der Waals surface area contributed by atoms with Crippen LogP contribution in [0.5, 0.6) is 5.75 Å². The van der Waals surface area contributed by atoms with Gasteiger partial charge in [-0.2, -0.15) is 0 Å². The first-order valence-electron chi connectivity index (χ1n) is 6.29. The van der Waals surface area contributed by atoms with Gasteiger partial charge in [0.2, 0.25) is 0 Å². The topological polar surface area (TPSA) is 41.5 Å². The molecule has 0 aromatic heterocycles. The lowest BCUT2D eigenvalue weighted by Crippen LogP contribution is -2.37. The van der Waals surface area contributed by atoms with E-state index in [1.807, 2.05) is 12.1 Å². The molecule has 0 aliphatic heterocycles. The Kier molecular flexibility index (Phi) is 4.02. The summed E-state index contributed by atoms with van der Waals surface area (Å²) in [6.07, 6.45) is 2.93. The van der Waals surface area contributed by atoms with E-state index < -0.39 is 0 Å². The third kappa shape index (κ3) is 2.99. The zero-order valence-electron chi connectivity index (χ0n) is 10.5. The molecule has 1 saturated carbocycles. The van der Waals surface area contributed by atoms with Crippen LogP contribution in [-0.2, 0) is 0 Å². The van der Waals surface area contributed by atoms with Crippen LogP contribution < -0.4 is 10.1 Å². The Labute approximate surface area is 103 Å². The first-order chi connectivity index (χ1) is 8.20. The molecule has 2 N–H and O–H groups in total. The molecular weight excluding hydrogens is 214 g/mol. The van der Waals surface area contributed by atoms with Crippen LogP contribution in [0.2, 0.25) is 0 Å². The number of hydrogen-bond donors (Lipinski definition) is 2. The number of aliphatic hydroxyl groups excluding tert-OH is 1. The van der Waals surface area contributed by atoms with Crippen molar-refractivity contribution in [2.45, 2.75) is 44.4 Å². The van der Waals surface area contributed by atoms with E-state index in [2.05, 4.69) is 24.4 Å². The maximum atomic E-state index is 9.78. The maximum Gasteiger partial charge on any atom is 0.118 e. The summed E-state index contributed by atoms with van der Waals surface area (Å²) in [5, 5.41) is 13.3. The van der Waals surface area contributed by atoms with Gasteiger partial charge in [-0.3, -0.25) is 0 Å². The lowest BCUT2D eigenvalue weighted by molar-refractivity contribution is 0.144. The molecule has 3 nitrogen and oxygen atoms in total. The van der Waals surface area contributed by atoms with Crippen molar-refractivity contribution in [3.05, 3.63) is 29.8 Å². The molecule has 3 atom stereocenters. The van der Waals surface area contributed by atoms with Gasteiger partial charge in [0.15, 0.2) is 0 Å². The number of methoxy groups -OCH3 is 1. The molecule has 94 valence electrons. The van der Waals surface area contributed by atoms with Crippen LogP contribution in [-0.4, -0.2) is 24.4 Å². The van der Waals surface area contributed by atoms with Crippen molar-refractivity contribution in [1.82, 2.24) is 5.32 Å². The van der Waals surface area contributed by atoms with Gasteiger partial charge < -0.3 is 15.2 Å². The van der Waals surface area contributed by atoms with Crippen molar-refractivity contribution >= 4 is 0 Å². The summed E-state index contributed by atoms with van der Waals surface area (Å²) >= 11 is 0. The van der Waals surface area contributed by atoms with Gasteiger partial charge in [0.25, 0.3) is 0 Å². The molecule has 1 aliphatic carbocycles. The fraction of sp³-hybridized carbons (Fsp3) is 0.571. The quantitative estimate of drug-likeness (QED) is 0.841. The molecule has 3 heteroatoms. The van der Waals surface area contributed by atoms with Gasteiger partial charge in [-0.15, -0.1) is 0 Å². The second-order valence-electron chi connectivity index (χ2n) is 4.77. The standard InChI is InChI=1S/C14H21NO2/c1-10(15-13-4-3-5-14(13)16)11-6-8-12(17-2)9-7-11/h6-10,13-16H,3-5H2,1-2H3/t10-,13+,14+/m1/s1. The van der Waals surface area contributed by atoms with Crippen molar-refractivity contribution in [1.29, 1.82) is 0 Å². The molecule has 0 bridgehead atoms. The highest BCUT2D eigenvalue weighted by atomic mass is 16.5. The molecule has 1 aliphatic rings. The molecule has 1 aromatic rings. The average molecular weight is 235 g/mol. The summed E-state index contributed by atoms with van der Waals surface area (Å²) in [4.78, 5) is 0. The van der Waals surface area contributed by atoms with Crippen LogP contribution >= 0.6 is 0 Å². The van der Waals surface area contributed by atoms with Crippen LogP contribution in [0.1, 0.15) is 37.8 Å². The summed E-state index contributed by atoms with van der Waals surface area (Å²) < 4.78 is 5.14. The number of ether oxygens (including phenoxy) is 1. The Morgan fingerprint density at radius 2 is 2.00 bits per heavy atom. The van der Waals surface area contributed by atoms with Gasteiger partial charge in [-0.05, 0) is 43.9 Å². The Morgan fingerprint density at radius 3 is 2.53 bits per heavy atom. The Hall–Kier alpha value is -1.06. The summed E-state index contributed by atoms with van der Waals surface area (Å²) in [6.45, 7) is 2.13. The maximum absolute atomic E-state index is 9.78. The summed E-state index contributed by atoms with van der Waals surface area (Å²) in [7, 11) is 1.67. The van der Waals surface area contributed by atoms with Gasteiger partial charge in [-0.1, -0.05) is 12.1 Å². The van der Waals surface area contributed by atoms with E-state index in [0.29, 0.717) is 0 Å². The monoisotopic (exact) mass is 235 g/mol.